The van der Waals surface area contributed by atoms with Crippen LogP contribution in [0.25, 0.3) is 5.76 Å². The molecule has 0 saturated carbocycles. The van der Waals surface area contributed by atoms with Crippen LogP contribution in [0.3, 0.4) is 0 Å². The third kappa shape index (κ3) is 4.08. The number of likely N-dealkylation sites (tertiary alicyclic amines) is 1. The summed E-state index contributed by atoms with van der Waals surface area (Å²) in [5, 5.41) is 11.2. The fourth-order valence-corrected chi connectivity index (χ4v) is 4.20. The molecule has 2 aliphatic heterocycles. The lowest BCUT2D eigenvalue weighted by molar-refractivity contribution is -0.140. The first-order valence-corrected chi connectivity index (χ1v) is 10.8. The summed E-state index contributed by atoms with van der Waals surface area (Å²) in [6.07, 6.45) is 0.744. The first-order chi connectivity index (χ1) is 15.4. The Morgan fingerprint density at radius 1 is 1.22 bits per heavy atom. The van der Waals surface area contributed by atoms with Crippen LogP contribution in [0.4, 0.5) is 0 Å². The summed E-state index contributed by atoms with van der Waals surface area (Å²) in [6, 6.07) is 12.0. The van der Waals surface area contributed by atoms with Gasteiger partial charge in [-0.25, -0.2) is 0 Å². The van der Waals surface area contributed by atoms with E-state index in [1.165, 1.54) is 4.90 Å². The Labute approximate surface area is 187 Å². The van der Waals surface area contributed by atoms with Crippen molar-refractivity contribution in [2.75, 3.05) is 40.4 Å². The van der Waals surface area contributed by atoms with Crippen molar-refractivity contribution in [1.29, 1.82) is 0 Å². The van der Waals surface area contributed by atoms with Crippen molar-refractivity contribution < 1.29 is 24.2 Å². The highest BCUT2D eigenvalue weighted by Crippen LogP contribution is 2.40. The molecule has 1 atom stereocenters. The molecule has 1 saturated heterocycles. The number of likely N-dealkylation sites (N-methyl/N-ethyl adjacent to an activating group) is 1. The van der Waals surface area contributed by atoms with Crippen LogP contribution in [-0.2, 0) is 16.0 Å². The molecule has 0 aliphatic carbocycles. The second-order valence-electron chi connectivity index (χ2n) is 8.22. The highest BCUT2D eigenvalue weighted by Gasteiger charge is 2.46. The van der Waals surface area contributed by atoms with Gasteiger partial charge in [0.05, 0.1) is 24.8 Å². The number of Topliss-reactive ketones (excluding diaryl/α,β-unsaturated/α-hetero) is 1. The first-order valence-electron chi connectivity index (χ1n) is 10.8. The van der Waals surface area contributed by atoms with E-state index in [1.54, 1.807) is 12.1 Å². The molecular weight excluding hydrogens is 408 g/mol. The molecule has 2 aliphatic rings. The molecule has 7 heteroatoms. The van der Waals surface area contributed by atoms with Crippen molar-refractivity contribution in [2.24, 2.45) is 0 Å². The first kappa shape index (κ1) is 21.9. The molecule has 168 valence electrons. The zero-order chi connectivity index (χ0) is 22.8. The molecule has 4 rings (SSSR count). The minimum atomic E-state index is -0.695. The van der Waals surface area contributed by atoms with E-state index in [-0.39, 0.29) is 11.3 Å². The number of nitrogens with zero attached hydrogens (tertiary/aromatic N) is 2. The predicted molar refractivity (Wildman–Crippen MR) is 121 cm³/mol. The summed E-state index contributed by atoms with van der Waals surface area (Å²) in [5.41, 5.74) is 2.30. The minimum absolute atomic E-state index is 0.0984. The fraction of sp³-hybridized carbons (Fsp3) is 0.360. The Kier molecular flexibility index (Phi) is 6.19. The number of aliphatic hydroxyl groups is 1. The lowest BCUT2D eigenvalue weighted by atomic mass is 9.94. The quantitative estimate of drug-likeness (QED) is 0.408. The molecule has 7 nitrogen and oxygen atoms in total. The van der Waals surface area contributed by atoms with Gasteiger partial charge in [-0.2, -0.15) is 0 Å². The maximum Gasteiger partial charge on any atom is 0.295 e. The predicted octanol–water partition coefficient (Wildman–Crippen LogP) is 3.00. The summed E-state index contributed by atoms with van der Waals surface area (Å²) >= 11 is 0. The highest BCUT2D eigenvalue weighted by atomic mass is 16.5. The van der Waals surface area contributed by atoms with Crippen LogP contribution < -0.4 is 9.47 Å². The van der Waals surface area contributed by atoms with Crippen LogP contribution in [0.15, 0.2) is 48.0 Å². The Balaban J connectivity index is 1.82. The Hall–Kier alpha value is -3.32. The number of fused-ring (bicyclic) bond motifs is 1. The summed E-state index contributed by atoms with van der Waals surface area (Å²) in [4.78, 5) is 29.6. The Morgan fingerprint density at radius 3 is 2.78 bits per heavy atom. The number of hydrogen-bond donors (Lipinski definition) is 1. The van der Waals surface area contributed by atoms with Gasteiger partial charge in [-0.3, -0.25) is 9.59 Å². The number of amides is 1. The van der Waals surface area contributed by atoms with Crippen molar-refractivity contribution in [1.82, 2.24) is 9.80 Å². The maximum absolute atomic E-state index is 13.1. The van der Waals surface area contributed by atoms with Gasteiger partial charge >= 0.3 is 0 Å². The lowest BCUT2D eigenvalue weighted by Crippen LogP contribution is -2.35. The van der Waals surface area contributed by atoms with Crippen LogP contribution in [0.5, 0.6) is 11.5 Å². The van der Waals surface area contributed by atoms with Crippen LogP contribution in [0.1, 0.15) is 29.7 Å². The fourth-order valence-electron chi connectivity index (χ4n) is 4.20. The number of aliphatic hydroxyl groups excluding tert-OH is 1. The molecule has 0 bridgehead atoms. The number of rotatable bonds is 7. The summed E-state index contributed by atoms with van der Waals surface area (Å²) in [6.45, 7) is 3.94. The van der Waals surface area contributed by atoms with E-state index in [0.717, 1.165) is 23.3 Å². The third-order valence-corrected chi connectivity index (χ3v) is 5.78. The van der Waals surface area contributed by atoms with E-state index < -0.39 is 17.7 Å². The summed E-state index contributed by atoms with van der Waals surface area (Å²) in [7, 11) is 3.82. The van der Waals surface area contributed by atoms with Crippen molar-refractivity contribution >= 4 is 17.4 Å². The number of ketones is 1. The van der Waals surface area contributed by atoms with Gasteiger partial charge in [-0.1, -0.05) is 12.1 Å². The molecular formula is C25H28N2O5. The average Bonchev–Trinajstić information content (AvgIpc) is 3.34. The van der Waals surface area contributed by atoms with E-state index in [0.29, 0.717) is 37.6 Å². The van der Waals surface area contributed by atoms with Crippen molar-refractivity contribution in [3.8, 4) is 11.5 Å². The molecule has 0 radical (unpaired) electrons. The van der Waals surface area contributed by atoms with E-state index in [1.807, 2.05) is 56.3 Å². The molecule has 2 aromatic rings. The monoisotopic (exact) mass is 436 g/mol. The maximum atomic E-state index is 13.1. The standard InChI is InChI=1S/C25H28N2O5/c1-4-31-19-7-5-6-17(15-19)22-21(24(29)25(30)27(22)12-11-26(2)3)23(28)18-8-9-20-16(14-18)10-13-32-20/h5-9,14-15,22,28H,4,10-13H2,1-3H3/b23-21-. The van der Waals surface area contributed by atoms with Gasteiger partial charge < -0.3 is 24.4 Å². The molecule has 0 spiro atoms. The lowest BCUT2D eigenvalue weighted by Gasteiger charge is -2.27. The highest BCUT2D eigenvalue weighted by molar-refractivity contribution is 6.46. The number of benzene rings is 2. The Bertz CT molecular complexity index is 1080. The Morgan fingerprint density at radius 2 is 2.03 bits per heavy atom. The number of carbonyl (C=O) groups is 2. The van der Waals surface area contributed by atoms with Crippen molar-refractivity contribution in [3.63, 3.8) is 0 Å². The van der Waals surface area contributed by atoms with E-state index >= 15 is 0 Å². The molecule has 32 heavy (non-hydrogen) atoms. The average molecular weight is 437 g/mol. The van der Waals surface area contributed by atoms with Crippen LogP contribution >= 0.6 is 0 Å². The van der Waals surface area contributed by atoms with Gasteiger partial charge in [0.15, 0.2) is 0 Å². The van der Waals surface area contributed by atoms with E-state index in [9.17, 15) is 14.7 Å². The van der Waals surface area contributed by atoms with Gasteiger partial charge in [-0.15, -0.1) is 0 Å². The van der Waals surface area contributed by atoms with E-state index in [4.69, 9.17) is 9.47 Å². The molecule has 1 amide bonds. The van der Waals surface area contributed by atoms with E-state index in [2.05, 4.69) is 0 Å². The van der Waals surface area contributed by atoms with Crippen LogP contribution in [0, 0.1) is 0 Å². The molecule has 2 heterocycles. The van der Waals surface area contributed by atoms with Gasteiger partial charge in [0, 0.05) is 25.1 Å². The number of carbonyl (C=O) groups excluding carboxylic acids is 2. The molecule has 1 unspecified atom stereocenters. The van der Waals surface area contributed by atoms with Crippen LogP contribution in [0.2, 0.25) is 0 Å². The number of ether oxygens (including phenoxy) is 2. The van der Waals surface area contributed by atoms with Gasteiger partial charge in [-0.05, 0) is 62.5 Å². The second-order valence-corrected chi connectivity index (χ2v) is 8.22. The summed E-state index contributed by atoms with van der Waals surface area (Å²) in [5.74, 6) is -0.0152. The molecule has 1 N–H and O–H groups in total. The zero-order valence-electron chi connectivity index (χ0n) is 18.6. The SMILES string of the molecule is CCOc1cccc(C2/C(=C(/O)c3ccc4c(c3)CCO4)C(=O)C(=O)N2CCN(C)C)c1. The molecule has 1 fully saturated rings. The van der Waals surface area contributed by atoms with Gasteiger partial charge in [0.2, 0.25) is 0 Å². The van der Waals surface area contributed by atoms with Crippen molar-refractivity contribution in [3.05, 3.63) is 64.7 Å². The largest absolute Gasteiger partial charge is 0.507 e. The zero-order valence-corrected chi connectivity index (χ0v) is 18.6. The van der Waals surface area contributed by atoms with Crippen LogP contribution in [-0.4, -0.2) is 67.0 Å². The molecule has 2 aromatic carbocycles. The molecule has 0 aromatic heterocycles. The smallest absolute Gasteiger partial charge is 0.295 e. The van der Waals surface area contributed by atoms with Gasteiger partial charge in [0.25, 0.3) is 11.7 Å². The second kappa shape index (κ2) is 9.04. The normalized spacial score (nSPS) is 19.4. The minimum Gasteiger partial charge on any atom is -0.507 e. The third-order valence-electron chi connectivity index (χ3n) is 5.78. The van der Waals surface area contributed by atoms with Gasteiger partial charge in [0.1, 0.15) is 17.3 Å². The van der Waals surface area contributed by atoms with Crippen molar-refractivity contribution in [2.45, 2.75) is 19.4 Å². The number of hydrogen-bond acceptors (Lipinski definition) is 6. The topological polar surface area (TPSA) is 79.3 Å². The summed E-state index contributed by atoms with van der Waals surface area (Å²) < 4.78 is 11.2.